The first-order valence-electron chi connectivity index (χ1n) is 10.1. The monoisotopic (exact) mass is 369 g/mol. The van der Waals surface area contributed by atoms with Crippen LogP contribution in [-0.4, -0.2) is 13.1 Å². The smallest absolute Gasteiger partial charge is 0.110 e. The van der Waals surface area contributed by atoms with Crippen molar-refractivity contribution in [3.05, 3.63) is 72.8 Å². The van der Waals surface area contributed by atoms with Crippen molar-refractivity contribution in [2.75, 3.05) is 0 Å². The Kier molecular flexibility index (Phi) is 4.84. The quantitative estimate of drug-likeness (QED) is 0.279. The zero-order valence-corrected chi connectivity index (χ0v) is 17.5. The van der Waals surface area contributed by atoms with Gasteiger partial charge < -0.3 is 0 Å². The number of para-hydroxylation sites is 1. The van der Waals surface area contributed by atoms with E-state index in [1.54, 1.807) is 0 Å². The van der Waals surface area contributed by atoms with Gasteiger partial charge in [-0.15, -0.1) is 0 Å². The van der Waals surface area contributed by atoms with E-state index in [0.29, 0.717) is 0 Å². The Morgan fingerprint density at radius 1 is 0.630 bits per heavy atom. The molecule has 0 aliphatic heterocycles. The second kappa shape index (κ2) is 7.28. The third kappa shape index (κ3) is 2.98. The van der Waals surface area contributed by atoms with Gasteiger partial charge in [0.2, 0.25) is 0 Å². The third-order valence-corrected chi connectivity index (χ3v) is 11.8. The largest absolute Gasteiger partial charge is 0.257 e. The highest BCUT2D eigenvalue weighted by Crippen LogP contribution is 2.31. The molecule has 0 radical (unpaired) electrons. The second-order valence-corrected chi connectivity index (χ2v) is 12.6. The van der Waals surface area contributed by atoms with E-state index in [9.17, 15) is 0 Å². The highest BCUT2D eigenvalue weighted by atomic mass is 28.3. The fraction of sp³-hybridized carbons (Fsp3) is 0.240. The first kappa shape index (κ1) is 17.9. The zero-order chi connectivity index (χ0) is 18.9. The molecule has 1 heterocycles. The van der Waals surface area contributed by atoms with Crippen LogP contribution in [0.1, 0.15) is 20.8 Å². The van der Waals surface area contributed by atoms with E-state index >= 15 is 0 Å². The Labute approximate surface area is 163 Å². The minimum Gasteiger partial charge on any atom is -0.257 e. The molecule has 4 rings (SSSR count). The topological polar surface area (TPSA) is 12.9 Å². The Balaban J connectivity index is 2.09. The molecule has 1 nitrogen and oxygen atoms in total. The summed E-state index contributed by atoms with van der Waals surface area (Å²) in [6.45, 7) is 7.09. The predicted molar refractivity (Wildman–Crippen MR) is 122 cm³/mol. The number of hydrogen-bond acceptors (Lipinski definition) is 1. The summed E-state index contributed by atoms with van der Waals surface area (Å²) in [5.74, 6) is 0. The summed E-state index contributed by atoms with van der Waals surface area (Å²) in [6.07, 6.45) is 0. The number of fused-ring (bicyclic) bond motifs is 3. The molecule has 0 unspecified atom stereocenters. The van der Waals surface area contributed by atoms with E-state index in [0.717, 1.165) is 5.52 Å². The van der Waals surface area contributed by atoms with Crippen molar-refractivity contribution >= 4 is 35.1 Å². The molecule has 0 spiro atoms. The SMILES string of the molecule is CC[Si](CC)(CC)c1nc2ccccc2c2ccc(-c3ccccc3)cc12. The van der Waals surface area contributed by atoms with Gasteiger partial charge in [-0.3, -0.25) is 4.98 Å². The highest BCUT2D eigenvalue weighted by Gasteiger charge is 2.33. The Bertz CT molecular complexity index is 1070. The van der Waals surface area contributed by atoms with Gasteiger partial charge in [-0.05, 0) is 34.0 Å². The van der Waals surface area contributed by atoms with Crippen molar-refractivity contribution in [3.63, 3.8) is 0 Å². The van der Waals surface area contributed by atoms with Crippen LogP contribution in [0.5, 0.6) is 0 Å². The maximum absolute atomic E-state index is 5.28. The molecule has 0 saturated carbocycles. The molecular formula is C25H27NSi. The highest BCUT2D eigenvalue weighted by molar-refractivity contribution is 6.92. The first-order valence-corrected chi connectivity index (χ1v) is 12.7. The summed E-state index contributed by atoms with van der Waals surface area (Å²) in [6, 6.07) is 30.0. The molecule has 4 aromatic rings. The molecule has 0 aliphatic carbocycles. The van der Waals surface area contributed by atoms with E-state index in [1.165, 1.54) is 50.7 Å². The number of nitrogens with zero attached hydrogens (tertiary/aromatic N) is 1. The number of benzene rings is 3. The van der Waals surface area contributed by atoms with Crippen LogP contribution in [0.15, 0.2) is 72.8 Å². The van der Waals surface area contributed by atoms with Crippen LogP contribution in [0, 0.1) is 0 Å². The standard InChI is InChI=1S/C25H27NSi/c1-4-27(5-2,6-3)25-23-18-20(19-12-8-7-9-13-19)16-17-21(23)22-14-10-11-15-24(22)26-25/h7-18H,4-6H2,1-3H3. The van der Waals surface area contributed by atoms with E-state index in [1.807, 2.05) is 0 Å². The summed E-state index contributed by atoms with van der Waals surface area (Å²) in [4.78, 5) is 5.28. The van der Waals surface area contributed by atoms with Gasteiger partial charge in [-0.25, -0.2) is 0 Å². The van der Waals surface area contributed by atoms with Gasteiger partial charge in [0.15, 0.2) is 0 Å². The molecule has 2 heteroatoms. The molecule has 3 aromatic carbocycles. The maximum Gasteiger partial charge on any atom is 0.110 e. The van der Waals surface area contributed by atoms with Crippen molar-refractivity contribution < 1.29 is 0 Å². The van der Waals surface area contributed by atoms with Gasteiger partial charge in [-0.2, -0.15) is 0 Å². The van der Waals surface area contributed by atoms with Crippen LogP contribution >= 0.6 is 0 Å². The molecule has 0 amide bonds. The van der Waals surface area contributed by atoms with E-state index in [4.69, 9.17) is 4.98 Å². The number of aromatic nitrogens is 1. The molecular weight excluding hydrogens is 342 g/mol. The second-order valence-electron chi connectivity index (χ2n) is 7.44. The van der Waals surface area contributed by atoms with Crippen molar-refractivity contribution in [3.8, 4) is 11.1 Å². The molecule has 0 aliphatic rings. The lowest BCUT2D eigenvalue weighted by atomic mass is 10.00. The number of rotatable bonds is 5. The van der Waals surface area contributed by atoms with E-state index in [2.05, 4.69) is 93.6 Å². The summed E-state index contributed by atoms with van der Waals surface area (Å²) in [5, 5.41) is 5.39. The van der Waals surface area contributed by atoms with Gasteiger partial charge in [0.25, 0.3) is 0 Å². The molecule has 136 valence electrons. The van der Waals surface area contributed by atoms with Gasteiger partial charge in [0.1, 0.15) is 8.07 Å². The Morgan fingerprint density at radius 2 is 1.30 bits per heavy atom. The number of hydrogen-bond donors (Lipinski definition) is 0. The lowest BCUT2D eigenvalue weighted by Crippen LogP contribution is -2.48. The molecule has 0 saturated heterocycles. The van der Waals surface area contributed by atoms with Crippen molar-refractivity contribution in [2.45, 2.75) is 38.9 Å². The van der Waals surface area contributed by atoms with Crippen LogP contribution < -0.4 is 5.32 Å². The fourth-order valence-corrected chi connectivity index (χ4v) is 8.06. The maximum atomic E-state index is 5.28. The zero-order valence-electron chi connectivity index (χ0n) is 16.5. The first-order chi connectivity index (χ1) is 13.2. The summed E-state index contributed by atoms with van der Waals surface area (Å²) in [5.41, 5.74) is 3.70. The van der Waals surface area contributed by atoms with Crippen LogP contribution in [0.2, 0.25) is 18.1 Å². The van der Waals surface area contributed by atoms with E-state index < -0.39 is 8.07 Å². The normalized spacial score (nSPS) is 12.0. The Morgan fingerprint density at radius 3 is 2.00 bits per heavy atom. The third-order valence-electron chi connectivity index (χ3n) is 6.34. The summed E-state index contributed by atoms with van der Waals surface area (Å²) in [7, 11) is -1.61. The van der Waals surface area contributed by atoms with Crippen molar-refractivity contribution in [2.24, 2.45) is 0 Å². The van der Waals surface area contributed by atoms with Gasteiger partial charge in [0.05, 0.1) is 5.52 Å². The van der Waals surface area contributed by atoms with Crippen LogP contribution in [0.4, 0.5) is 0 Å². The van der Waals surface area contributed by atoms with Crippen LogP contribution in [-0.2, 0) is 0 Å². The molecule has 27 heavy (non-hydrogen) atoms. The average molecular weight is 370 g/mol. The molecule has 0 bridgehead atoms. The van der Waals surface area contributed by atoms with Crippen LogP contribution in [0.25, 0.3) is 32.8 Å². The van der Waals surface area contributed by atoms with Gasteiger partial charge in [0, 0.05) is 10.7 Å². The Hall–Kier alpha value is -2.45. The fourth-order valence-electron chi connectivity index (χ4n) is 4.42. The van der Waals surface area contributed by atoms with Crippen molar-refractivity contribution in [1.29, 1.82) is 0 Å². The van der Waals surface area contributed by atoms with E-state index in [-0.39, 0.29) is 0 Å². The lowest BCUT2D eigenvalue weighted by Gasteiger charge is -2.29. The van der Waals surface area contributed by atoms with Gasteiger partial charge >= 0.3 is 0 Å². The number of pyridine rings is 1. The minimum absolute atomic E-state index is 1.14. The van der Waals surface area contributed by atoms with Crippen LogP contribution in [0.3, 0.4) is 0 Å². The van der Waals surface area contributed by atoms with Crippen molar-refractivity contribution in [1.82, 2.24) is 4.98 Å². The average Bonchev–Trinajstić information content (AvgIpc) is 2.75. The predicted octanol–water partition coefficient (Wildman–Crippen LogP) is 6.77. The molecule has 0 N–H and O–H groups in total. The summed E-state index contributed by atoms with van der Waals surface area (Å²) < 4.78 is 0. The van der Waals surface area contributed by atoms with Gasteiger partial charge in [-0.1, -0.05) is 99.6 Å². The molecule has 0 atom stereocenters. The lowest BCUT2D eigenvalue weighted by molar-refractivity contribution is 1.18. The summed E-state index contributed by atoms with van der Waals surface area (Å²) >= 11 is 0. The minimum atomic E-state index is -1.61. The molecule has 0 fully saturated rings. The molecule has 1 aromatic heterocycles.